The van der Waals surface area contributed by atoms with Crippen LogP contribution in [0.25, 0.3) is 0 Å². The van der Waals surface area contributed by atoms with Gasteiger partial charge in [0.05, 0.1) is 25.4 Å². The molecule has 1 amide bonds. The normalized spacial score (nSPS) is 11.2. The van der Waals surface area contributed by atoms with Crippen LogP contribution in [0.1, 0.15) is 234 Å². The average molecular weight is 1030 g/mol. The molecule has 364 valence electrons. The number of carbonyl (C=O) groups is 2. The van der Waals surface area contributed by atoms with Crippen molar-refractivity contribution in [2.45, 2.75) is 213 Å². The summed E-state index contributed by atoms with van der Waals surface area (Å²) in [4.78, 5) is 26.8. The molecule has 0 saturated heterocycles. The molecule has 0 radical (unpaired) electrons. The standard InChI is InChI=1S/C56H85Br2NO6/c1-4-7-10-13-16-19-22-25-28-31-38-62-52-43-47(56(61)65-51-36-34-50(35-37-51)59-55(60)46-41-48(57)45-49(58)42-46)44-53(63-39-32-29-26-23-20-17-14-11-8-5-2)54(52)64-40-33-30-27-24-21-18-15-12-9-6-3/h34-37,41-45H,4-33,38-40H2,1-3H3,(H,59,60). The monoisotopic (exact) mass is 1030 g/mol. The van der Waals surface area contributed by atoms with Crippen LogP contribution in [0.15, 0.2) is 63.5 Å². The number of carbonyl (C=O) groups excluding carboxylic acids is 2. The van der Waals surface area contributed by atoms with Gasteiger partial charge in [0.2, 0.25) is 5.75 Å². The number of halogens is 2. The first-order valence-electron chi connectivity index (χ1n) is 26.0. The smallest absolute Gasteiger partial charge is 0.343 e. The Morgan fingerprint density at radius 2 is 0.785 bits per heavy atom. The van der Waals surface area contributed by atoms with Crippen LogP contribution < -0.4 is 24.3 Å². The van der Waals surface area contributed by atoms with E-state index in [2.05, 4.69) is 57.9 Å². The fourth-order valence-corrected chi connectivity index (χ4v) is 9.31. The van der Waals surface area contributed by atoms with Crippen molar-refractivity contribution in [2.24, 2.45) is 0 Å². The van der Waals surface area contributed by atoms with Crippen molar-refractivity contribution in [3.8, 4) is 23.0 Å². The lowest BCUT2D eigenvalue weighted by Crippen LogP contribution is -2.13. The van der Waals surface area contributed by atoms with Gasteiger partial charge in [-0.15, -0.1) is 0 Å². The second kappa shape index (κ2) is 37.0. The molecule has 3 rings (SSSR count). The number of hydrogen-bond donors (Lipinski definition) is 1. The summed E-state index contributed by atoms with van der Waals surface area (Å²) >= 11 is 6.89. The van der Waals surface area contributed by atoms with E-state index in [9.17, 15) is 9.59 Å². The summed E-state index contributed by atoms with van der Waals surface area (Å²) < 4.78 is 27.0. The molecule has 7 nitrogen and oxygen atoms in total. The summed E-state index contributed by atoms with van der Waals surface area (Å²) in [5.41, 5.74) is 1.43. The maximum atomic E-state index is 13.9. The van der Waals surface area contributed by atoms with Gasteiger partial charge in [-0.25, -0.2) is 4.79 Å². The van der Waals surface area contributed by atoms with Crippen LogP contribution in [0.3, 0.4) is 0 Å². The second-order valence-electron chi connectivity index (χ2n) is 17.9. The first-order valence-corrected chi connectivity index (χ1v) is 27.6. The predicted molar refractivity (Wildman–Crippen MR) is 280 cm³/mol. The highest BCUT2D eigenvalue weighted by molar-refractivity contribution is 9.11. The van der Waals surface area contributed by atoms with E-state index in [0.717, 1.165) is 47.5 Å². The quantitative estimate of drug-likeness (QED) is 0.0347. The Morgan fingerprint density at radius 1 is 0.431 bits per heavy atom. The SMILES string of the molecule is CCCCCCCCCCCCOc1cc(C(=O)Oc2ccc(NC(=O)c3cc(Br)cc(Br)c3)cc2)cc(OCCCCCCCCCCCC)c1OCCCCCCCCCCCC. The van der Waals surface area contributed by atoms with Crippen molar-refractivity contribution in [3.63, 3.8) is 0 Å². The maximum Gasteiger partial charge on any atom is 0.343 e. The highest BCUT2D eigenvalue weighted by Gasteiger charge is 2.21. The van der Waals surface area contributed by atoms with Gasteiger partial charge in [0.25, 0.3) is 5.91 Å². The largest absolute Gasteiger partial charge is 0.490 e. The highest BCUT2D eigenvalue weighted by atomic mass is 79.9. The van der Waals surface area contributed by atoms with E-state index < -0.39 is 5.97 Å². The lowest BCUT2D eigenvalue weighted by Gasteiger charge is -2.19. The predicted octanol–water partition coefficient (Wildman–Crippen LogP) is 18.6. The number of hydrogen-bond acceptors (Lipinski definition) is 6. The van der Waals surface area contributed by atoms with E-state index in [0.29, 0.717) is 59.6 Å². The maximum absolute atomic E-state index is 13.9. The molecular weight excluding hydrogens is 942 g/mol. The highest BCUT2D eigenvalue weighted by Crippen LogP contribution is 2.40. The van der Waals surface area contributed by atoms with Gasteiger partial charge in [0.1, 0.15) is 5.75 Å². The van der Waals surface area contributed by atoms with E-state index in [4.69, 9.17) is 18.9 Å². The van der Waals surface area contributed by atoms with Crippen LogP contribution in [0.2, 0.25) is 0 Å². The average Bonchev–Trinajstić information content (AvgIpc) is 3.29. The fourth-order valence-electron chi connectivity index (χ4n) is 8.02. The Bertz CT molecular complexity index is 1630. The van der Waals surface area contributed by atoms with Crippen LogP contribution in [0, 0.1) is 0 Å². The molecule has 0 aliphatic heterocycles. The van der Waals surface area contributed by atoms with Crippen molar-refractivity contribution in [1.82, 2.24) is 0 Å². The van der Waals surface area contributed by atoms with Gasteiger partial charge in [-0.05, 0) is 73.9 Å². The molecule has 1 N–H and O–H groups in total. The van der Waals surface area contributed by atoms with Crippen molar-refractivity contribution in [3.05, 3.63) is 74.7 Å². The Balaban J connectivity index is 1.70. The molecule has 0 spiro atoms. The molecule has 9 heteroatoms. The van der Waals surface area contributed by atoms with Gasteiger partial charge in [-0.2, -0.15) is 0 Å². The lowest BCUT2D eigenvalue weighted by atomic mass is 10.1. The minimum atomic E-state index is -0.519. The molecule has 0 atom stereocenters. The van der Waals surface area contributed by atoms with Crippen LogP contribution in [0.5, 0.6) is 23.0 Å². The number of anilines is 1. The number of amides is 1. The van der Waals surface area contributed by atoms with Gasteiger partial charge < -0.3 is 24.3 Å². The third kappa shape index (κ3) is 26.2. The summed E-state index contributed by atoms with van der Waals surface area (Å²) in [6, 6.07) is 15.7. The Labute approximate surface area is 411 Å². The van der Waals surface area contributed by atoms with E-state index in [-0.39, 0.29) is 5.91 Å². The molecule has 65 heavy (non-hydrogen) atoms. The van der Waals surface area contributed by atoms with Crippen LogP contribution in [0.4, 0.5) is 5.69 Å². The topological polar surface area (TPSA) is 83.1 Å². The number of benzene rings is 3. The summed E-state index contributed by atoms with van der Waals surface area (Å²) in [6.07, 6.45) is 37.4. The van der Waals surface area contributed by atoms with E-state index >= 15 is 0 Å². The second-order valence-corrected chi connectivity index (χ2v) is 19.8. The number of unbranched alkanes of at least 4 members (excludes halogenated alkanes) is 27. The molecule has 0 aliphatic rings. The fraction of sp³-hybridized carbons (Fsp3) is 0.643. The molecule has 0 unspecified atom stereocenters. The zero-order chi connectivity index (χ0) is 46.6. The third-order valence-electron chi connectivity index (χ3n) is 12.0. The Hall–Kier alpha value is -3.04. The summed E-state index contributed by atoms with van der Waals surface area (Å²) in [5, 5.41) is 2.91. The first-order chi connectivity index (χ1) is 31.8. The summed E-state index contributed by atoms with van der Waals surface area (Å²) in [7, 11) is 0. The molecule has 3 aromatic carbocycles. The number of ether oxygens (including phenoxy) is 4. The molecule has 3 aromatic rings. The van der Waals surface area contributed by atoms with Crippen LogP contribution in [-0.2, 0) is 0 Å². The van der Waals surface area contributed by atoms with Crippen molar-refractivity contribution < 1.29 is 28.5 Å². The molecule has 0 aliphatic carbocycles. The Kier molecular flexibility index (Phi) is 32.0. The molecule has 0 heterocycles. The van der Waals surface area contributed by atoms with Gasteiger partial charge in [-0.1, -0.05) is 226 Å². The number of esters is 1. The van der Waals surface area contributed by atoms with E-state index in [1.807, 2.05) is 6.07 Å². The first kappa shape index (κ1) is 56.3. The molecule has 0 bridgehead atoms. The molecular formula is C56H85Br2NO6. The number of nitrogens with one attached hydrogen (secondary N) is 1. The zero-order valence-corrected chi connectivity index (χ0v) is 43.9. The van der Waals surface area contributed by atoms with E-state index in [1.54, 1.807) is 48.5 Å². The van der Waals surface area contributed by atoms with Crippen LogP contribution >= 0.6 is 31.9 Å². The van der Waals surface area contributed by atoms with E-state index in [1.165, 1.54) is 154 Å². The minimum Gasteiger partial charge on any atom is -0.490 e. The molecule has 0 fully saturated rings. The molecule has 0 saturated carbocycles. The zero-order valence-electron chi connectivity index (χ0n) is 40.7. The van der Waals surface area contributed by atoms with Crippen molar-refractivity contribution >= 4 is 49.4 Å². The minimum absolute atomic E-state index is 0.247. The Morgan fingerprint density at radius 3 is 1.17 bits per heavy atom. The van der Waals surface area contributed by atoms with Crippen molar-refractivity contribution in [2.75, 3.05) is 25.1 Å². The third-order valence-corrected chi connectivity index (χ3v) is 12.9. The van der Waals surface area contributed by atoms with Crippen molar-refractivity contribution in [1.29, 1.82) is 0 Å². The van der Waals surface area contributed by atoms with Gasteiger partial charge >= 0.3 is 5.97 Å². The summed E-state index contributed by atoms with van der Waals surface area (Å²) in [5.74, 6) is 1.22. The summed E-state index contributed by atoms with van der Waals surface area (Å²) in [6.45, 7) is 8.43. The van der Waals surface area contributed by atoms with Crippen LogP contribution in [-0.4, -0.2) is 31.7 Å². The lowest BCUT2D eigenvalue weighted by molar-refractivity contribution is 0.0733. The van der Waals surface area contributed by atoms with Gasteiger partial charge in [-0.3, -0.25) is 4.79 Å². The molecule has 0 aromatic heterocycles. The number of rotatable bonds is 40. The van der Waals surface area contributed by atoms with Gasteiger partial charge in [0, 0.05) is 20.2 Å². The van der Waals surface area contributed by atoms with Gasteiger partial charge in [0.15, 0.2) is 11.5 Å².